The molecule has 2 heteroatoms. The third-order valence-electron chi connectivity index (χ3n) is 2.11. The van der Waals surface area contributed by atoms with E-state index in [9.17, 15) is 5.11 Å². The molecule has 1 rings (SSSR count). The second-order valence-electron chi connectivity index (χ2n) is 3.67. The highest BCUT2D eigenvalue weighted by atomic mass is 16.3. The number of phenolic OH excluding ortho intramolecular Hbond substituents is 1. The third-order valence-corrected chi connectivity index (χ3v) is 2.11. The average Bonchev–Trinajstić information content (AvgIpc) is 2.07. The lowest BCUT2D eigenvalue weighted by atomic mass is 10.1. The number of nitrogens with zero attached hydrogens (tertiary/aromatic N) is 1. The summed E-state index contributed by atoms with van der Waals surface area (Å²) in [6, 6.07) is 5.78. The molecule has 13 heavy (non-hydrogen) atoms. The number of benzene rings is 1. The minimum Gasteiger partial charge on any atom is -0.508 e. The van der Waals surface area contributed by atoms with E-state index in [2.05, 4.69) is 19.0 Å². The van der Waals surface area contributed by atoms with E-state index in [0.717, 1.165) is 18.5 Å². The van der Waals surface area contributed by atoms with Gasteiger partial charge in [0.05, 0.1) is 0 Å². The molecular formula is C11H17NO. The zero-order chi connectivity index (χ0) is 9.84. The molecule has 0 bridgehead atoms. The highest BCUT2D eigenvalue weighted by molar-refractivity contribution is 5.34. The van der Waals surface area contributed by atoms with Crippen molar-refractivity contribution >= 4 is 0 Å². The lowest BCUT2D eigenvalue weighted by Gasteiger charge is -2.09. The fourth-order valence-corrected chi connectivity index (χ4v) is 1.23. The summed E-state index contributed by atoms with van der Waals surface area (Å²) < 4.78 is 0. The molecule has 0 aliphatic heterocycles. The maximum Gasteiger partial charge on any atom is 0.118 e. The Hall–Kier alpha value is -1.02. The van der Waals surface area contributed by atoms with E-state index < -0.39 is 0 Å². The summed E-state index contributed by atoms with van der Waals surface area (Å²) >= 11 is 0. The summed E-state index contributed by atoms with van der Waals surface area (Å²) in [5, 5.41) is 9.31. The van der Waals surface area contributed by atoms with Crippen molar-refractivity contribution in [2.75, 3.05) is 20.6 Å². The molecule has 72 valence electrons. The highest BCUT2D eigenvalue weighted by Crippen LogP contribution is 2.17. The Bertz CT molecular complexity index is 281. The molecule has 0 saturated heterocycles. The van der Waals surface area contributed by atoms with Gasteiger partial charge in [0, 0.05) is 6.54 Å². The van der Waals surface area contributed by atoms with Crippen LogP contribution in [-0.4, -0.2) is 30.6 Å². The van der Waals surface area contributed by atoms with Gasteiger partial charge in [-0.25, -0.2) is 0 Å². The molecule has 0 atom stereocenters. The minimum atomic E-state index is 0.383. The van der Waals surface area contributed by atoms with Gasteiger partial charge in [0.25, 0.3) is 0 Å². The summed E-state index contributed by atoms with van der Waals surface area (Å²) in [5.41, 5.74) is 2.24. The Morgan fingerprint density at radius 1 is 1.31 bits per heavy atom. The zero-order valence-electron chi connectivity index (χ0n) is 8.54. The van der Waals surface area contributed by atoms with Crippen molar-refractivity contribution in [1.82, 2.24) is 4.90 Å². The highest BCUT2D eigenvalue weighted by Gasteiger charge is 1.98. The average molecular weight is 179 g/mol. The molecule has 0 heterocycles. The van der Waals surface area contributed by atoms with Crippen LogP contribution in [0.1, 0.15) is 11.1 Å². The van der Waals surface area contributed by atoms with Crippen LogP contribution in [0.3, 0.4) is 0 Å². The van der Waals surface area contributed by atoms with Gasteiger partial charge in [0.1, 0.15) is 5.75 Å². The fraction of sp³-hybridized carbons (Fsp3) is 0.455. The fourth-order valence-electron chi connectivity index (χ4n) is 1.23. The molecule has 1 aromatic rings. The molecule has 0 amide bonds. The Kier molecular flexibility index (Phi) is 3.32. The molecule has 0 spiro atoms. The van der Waals surface area contributed by atoms with Gasteiger partial charge >= 0.3 is 0 Å². The zero-order valence-corrected chi connectivity index (χ0v) is 8.54. The largest absolute Gasteiger partial charge is 0.508 e. The lowest BCUT2D eigenvalue weighted by Crippen LogP contribution is -2.15. The normalized spacial score (nSPS) is 10.8. The molecule has 0 aliphatic rings. The molecular weight excluding hydrogens is 162 g/mol. The molecule has 0 aliphatic carbocycles. The summed E-state index contributed by atoms with van der Waals surface area (Å²) in [5.74, 6) is 0.383. The quantitative estimate of drug-likeness (QED) is 0.765. The van der Waals surface area contributed by atoms with Crippen molar-refractivity contribution < 1.29 is 5.11 Å². The molecule has 1 aromatic carbocycles. The summed E-state index contributed by atoms with van der Waals surface area (Å²) in [6.07, 6.45) is 1.04. The Morgan fingerprint density at radius 2 is 2.00 bits per heavy atom. The van der Waals surface area contributed by atoms with E-state index >= 15 is 0 Å². The standard InChI is InChI=1S/C11H17NO/c1-9-8-10(4-5-11(9)13)6-7-12(2)3/h4-5,8,13H,6-7H2,1-3H3. The van der Waals surface area contributed by atoms with Crippen molar-refractivity contribution in [1.29, 1.82) is 0 Å². The third kappa shape index (κ3) is 3.07. The van der Waals surface area contributed by atoms with E-state index in [0.29, 0.717) is 5.75 Å². The van der Waals surface area contributed by atoms with Crippen molar-refractivity contribution in [3.63, 3.8) is 0 Å². The van der Waals surface area contributed by atoms with Gasteiger partial charge in [0.2, 0.25) is 0 Å². The smallest absolute Gasteiger partial charge is 0.118 e. The lowest BCUT2D eigenvalue weighted by molar-refractivity contribution is 0.413. The van der Waals surface area contributed by atoms with Crippen LogP contribution >= 0.6 is 0 Å². The molecule has 2 nitrogen and oxygen atoms in total. The Labute approximate surface area is 79.8 Å². The SMILES string of the molecule is Cc1cc(CCN(C)C)ccc1O. The first-order valence-corrected chi connectivity index (χ1v) is 4.53. The predicted octanol–water partition coefficient (Wildman–Crippen LogP) is 1.80. The van der Waals surface area contributed by atoms with Crippen LogP contribution in [-0.2, 0) is 6.42 Å². The number of hydrogen-bond acceptors (Lipinski definition) is 2. The molecule has 0 fully saturated rings. The van der Waals surface area contributed by atoms with E-state index in [1.54, 1.807) is 6.07 Å². The number of phenols is 1. The van der Waals surface area contributed by atoms with Gasteiger partial charge in [0.15, 0.2) is 0 Å². The summed E-state index contributed by atoms with van der Waals surface area (Å²) in [4.78, 5) is 2.15. The first-order chi connectivity index (χ1) is 6.09. The van der Waals surface area contributed by atoms with Crippen molar-refractivity contribution in [3.05, 3.63) is 29.3 Å². The Morgan fingerprint density at radius 3 is 2.54 bits per heavy atom. The topological polar surface area (TPSA) is 23.5 Å². The van der Waals surface area contributed by atoms with Crippen LogP contribution in [0.4, 0.5) is 0 Å². The second-order valence-corrected chi connectivity index (χ2v) is 3.67. The van der Waals surface area contributed by atoms with Gasteiger partial charge in [-0.1, -0.05) is 12.1 Å². The number of rotatable bonds is 3. The number of likely N-dealkylation sites (N-methyl/N-ethyl adjacent to an activating group) is 1. The van der Waals surface area contributed by atoms with E-state index in [4.69, 9.17) is 0 Å². The monoisotopic (exact) mass is 179 g/mol. The summed E-state index contributed by atoms with van der Waals surface area (Å²) in [7, 11) is 4.13. The van der Waals surface area contributed by atoms with Gasteiger partial charge in [-0.05, 0) is 44.6 Å². The number of hydrogen-bond donors (Lipinski definition) is 1. The maximum atomic E-state index is 9.31. The number of aromatic hydroxyl groups is 1. The molecule has 0 unspecified atom stereocenters. The molecule has 1 N–H and O–H groups in total. The van der Waals surface area contributed by atoms with Gasteiger partial charge in [-0.3, -0.25) is 0 Å². The number of aryl methyl sites for hydroxylation is 1. The van der Waals surface area contributed by atoms with Crippen LogP contribution < -0.4 is 0 Å². The molecule has 0 radical (unpaired) electrons. The first-order valence-electron chi connectivity index (χ1n) is 4.53. The van der Waals surface area contributed by atoms with Gasteiger partial charge < -0.3 is 10.0 Å². The van der Waals surface area contributed by atoms with E-state index in [1.165, 1.54) is 5.56 Å². The van der Waals surface area contributed by atoms with E-state index in [-0.39, 0.29) is 0 Å². The van der Waals surface area contributed by atoms with Crippen LogP contribution in [0.2, 0.25) is 0 Å². The predicted molar refractivity (Wildman–Crippen MR) is 55.1 cm³/mol. The van der Waals surface area contributed by atoms with Crippen LogP contribution in [0.25, 0.3) is 0 Å². The maximum absolute atomic E-state index is 9.31. The Balaban J connectivity index is 2.63. The van der Waals surface area contributed by atoms with Crippen molar-refractivity contribution in [2.24, 2.45) is 0 Å². The van der Waals surface area contributed by atoms with Crippen molar-refractivity contribution in [2.45, 2.75) is 13.3 Å². The summed E-state index contributed by atoms with van der Waals surface area (Å²) in [6.45, 7) is 2.97. The molecule has 0 saturated carbocycles. The van der Waals surface area contributed by atoms with Crippen molar-refractivity contribution in [3.8, 4) is 5.75 Å². The first kappa shape index (κ1) is 10.1. The van der Waals surface area contributed by atoms with Crippen LogP contribution in [0.5, 0.6) is 5.75 Å². The molecule has 0 aromatic heterocycles. The second kappa shape index (κ2) is 4.28. The van der Waals surface area contributed by atoms with Crippen LogP contribution in [0, 0.1) is 6.92 Å². The van der Waals surface area contributed by atoms with E-state index in [1.807, 2.05) is 19.1 Å². The van der Waals surface area contributed by atoms with Gasteiger partial charge in [-0.2, -0.15) is 0 Å². The minimum absolute atomic E-state index is 0.383. The van der Waals surface area contributed by atoms with Crippen LogP contribution in [0.15, 0.2) is 18.2 Å². The van der Waals surface area contributed by atoms with Gasteiger partial charge in [-0.15, -0.1) is 0 Å².